The second-order valence-corrected chi connectivity index (χ2v) is 11.5. The van der Waals surface area contributed by atoms with Crippen LogP contribution in [-0.4, -0.2) is 82.1 Å². The molecule has 3 atom stereocenters. The fourth-order valence-corrected chi connectivity index (χ4v) is 5.46. The summed E-state index contributed by atoms with van der Waals surface area (Å²) in [7, 11) is 1.67. The lowest BCUT2D eigenvalue weighted by Gasteiger charge is -2.26. The Morgan fingerprint density at radius 2 is 2.02 bits per heavy atom. The number of halogens is 3. The van der Waals surface area contributed by atoms with Gasteiger partial charge in [-0.05, 0) is 55.8 Å². The Hall–Kier alpha value is -5.06. The number of hydrogen-bond donors (Lipinski definition) is 3. The first kappa shape index (κ1) is 31.9. The molecule has 13 heteroatoms. The van der Waals surface area contributed by atoms with Gasteiger partial charge in [-0.3, -0.25) is 10.0 Å². The Morgan fingerprint density at radius 3 is 2.79 bits per heavy atom. The van der Waals surface area contributed by atoms with E-state index in [1.54, 1.807) is 32.4 Å². The number of hydrogen-bond acceptors (Lipinski definition) is 9. The van der Waals surface area contributed by atoms with Crippen molar-refractivity contribution in [1.82, 2.24) is 24.8 Å². The third-order valence-corrected chi connectivity index (χ3v) is 7.97. The topological polar surface area (TPSA) is 103 Å². The van der Waals surface area contributed by atoms with Gasteiger partial charge in [-0.2, -0.15) is 18.3 Å². The average molecular weight is 645 g/mol. The molecule has 0 amide bonds. The molecule has 0 saturated heterocycles. The van der Waals surface area contributed by atoms with Gasteiger partial charge in [-0.15, -0.1) is 0 Å². The van der Waals surface area contributed by atoms with E-state index >= 15 is 0 Å². The van der Waals surface area contributed by atoms with Gasteiger partial charge in [-0.1, -0.05) is 24.0 Å². The Labute approximate surface area is 271 Å². The minimum absolute atomic E-state index is 0.0438. The van der Waals surface area contributed by atoms with Crippen LogP contribution in [0, 0.1) is 25.7 Å². The molecule has 6 rings (SSSR count). The maximum atomic E-state index is 13.7. The highest BCUT2D eigenvalue weighted by atomic mass is 19.4. The van der Waals surface area contributed by atoms with Gasteiger partial charge in [0.25, 0.3) is 0 Å². The van der Waals surface area contributed by atoms with Crippen molar-refractivity contribution in [2.75, 3.05) is 38.7 Å². The monoisotopic (exact) mass is 644 g/mol. The second kappa shape index (κ2) is 13.4. The van der Waals surface area contributed by atoms with Gasteiger partial charge in [-0.25, -0.2) is 4.98 Å². The number of allylic oxidation sites excluding steroid dienone is 2. The third kappa shape index (κ3) is 7.34. The summed E-state index contributed by atoms with van der Waals surface area (Å²) < 4.78 is 47.9. The van der Waals surface area contributed by atoms with Crippen LogP contribution in [0.1, 0.15) is 34.2 Å². The zero-order valence-corrected chi connectivity index (χ0v) is 26.2. The van der Waals surface area contributed by atoms with Crippen molar-refractivity contribution in [3.05, 3.63) is 101 Å². The Balaban J connectivity index is 1.14. The molecule has 47 heavy (non-hydrogen) atoms. The van der Waals surface area contributed by atoms with Crippen LogP contribution in [0.25, 0.3) is 5.69 Å². The predicted octanol–water partition coefficient (Wildman–Crippen LogP) is 4.36. The molecular weight excluding hydrogens is 609 g/mol. The fraction of sp³-hybridized carbons (Fsp3) is 0.324. The SMILES string of the molecule is COCCN1CC(NC2=CC=CN3C2=NCC3C#Cc2cc(C(O)Nc3cc(-n4cnc(C)c4)cc(C(F)(F)F)c3)ccc2C)C=N1. The quantitative estimate of drug-likeness (QED) is 0.235. The number of fused-ring (bicyclic) bond motifs is 1. The maximum Gasteiger partial charge on any atom is 0.416 e. The number of amidine groups is 1. The van der Waals surface area contributed by atoms with Crippen LogP contribution >= 0.6 is 0 Å². The van der Waals surface area contributed by atoms with Crippen LogP contribution in [0.4, 0.5) is 18.9 Å². The molecule has 3 aliphatic heterocycles. The van der Waals surface area contributed by atoms with Crippen molar-refractivity contribution in [3.63, 3.8) is 0 Å². The number of anilines is 1. The number of alkyl halides is 3. The molecule has 4 heterocycles. The second-order valence-electron chi connectivity index (χ2n) is 11.5. The molecule has 3 N–H and O–H groups in total. The van der Waals surface area contributed by atoms with E-state index < -0.39 is 18.0 Å². The molecule has 0 bridgehead atoms. The summed E-state index contributed by atoms with van der Waals surface area (Å²) in [5.41, 5.74) is 3.16. The van der Waals surface area contributed by atoms with Crippen molar-refractivity contribution < 1.29 is 23.0 Å². The Kier molecular flexibility index (Phi) is 9.06. The number of aryl methyl sites for hydroxylation is 2. The molecule has 0 saturated carbocycles. The van der Waals surface area contributed by atoms with E-state index in [4.69, 9.17) is 9.73 Å². The van der Waals surface area contributed by atoms with E-state index in [0.29, 0.717) is 30.0 Å². The van der Waals surface area contributed by atoms with Gasteiger partial charge < -0.3 is 29.9 Å². The number of ether oxygens (including phenoxy) is 1. The summed E-state index contributed by atoms with van der Waals surface area (Å²) in [6, 6.07) is 8.71. The number of benzene rings is 2. The zero-order chi connectivity index (χ0) is 33.1. The third-order valence-electron chi connectivity index (χ3n) is 7.97. The first-order valence-electron chi connectivity index (χ1n) is 15.1. The summed E-state index contributed by atoms with van der Waals surface area (Å²) in [6.45, 7) is 6.22. The summed E-state index contributed by atoms with van der Waals surface area (Å²) >= 11 is 0. The summed E-state index contributed by atoms with van der Waals surface area (Å²) in [4.78, 5) is 10.9. The lowest BCUT2D eigenvalue weighted by Crippen LogP contribution is -2.42. The molecule has 3 aromatic rings. The first-order chi connectivity index (χ1) is 22.6. The smallest absolute Gasteiger partial charge is 0.383 e. The van der Waals surface area contributed by atoms with E-state index in [-0.39, 0.29) is 23.5 Å². The molecule has 0 fully saturated rings. The maximum absolute atomic E-state index is 13.7. The standard InChI is InChI=1S/C34H35F3N8O2/c1-22-6-7-25(33(46)42-27-14-26(34(35,36)37)15-30(16-27)43-19-23(2)39-21-43)13-24(22)8-9-29-18-38-32-31(5-4-10-45(29)32)41-28-17-40-44(20-28)11-12-47-3/h4-7,10,13-17,19,21,28-29,33,41-42,46H,11-12,18,20H2,1-3H3. The molecule has 0 spiro atoms. The number of aliphatic hydroxyl groups is 1. The first-order valence-corrected chi connectivity index (χ1v) is 15.1. The van der Waals surface area contributed by atoms with Crippen LogP contribution in [0.5, 0.6) is 0 Å². The number of imidazole rings is 1. The van der Waals surface area contributed by atoms with E-state index in [2.05, 4.69) is 32.6 Å². The van der Waals surface area contributed by atoms with E-state index in [1.165, 1.54) is 17.0 Å². The van der Waals surface area contributed by atoms with Crippen LogP contribution in [0.15, 0.2) is 83.1 Å². The largest absolute Gasteiger partial charge is 0.416 e. The highest BCUT2D eigenvalue weighted by Crippen LogP contribution is 2.34. The molecule has 1 aromatic heterocycles. The Bertz CT molecular complexity index is 1820. The van der Waals surface area contributed by atoms with Crippen molar-refractivity contribution in [2.24, 2.45) is 10.1 Å². The number of nitrogens with one attached hydrogen (secondary N) is 2. The van der Waals surface area contributed by atoms with E-state index in [0.717, 1.165) is 42.3 Å². The van der Waals surface area contributed by atoms with Crippen molar-refractivity contribution in [2.45, 2.75) is 38.3 Å². The van der Waals surface area contributed by atoms with Crippen molar-refractivity contribution >= 4 is 17.7 Å². The normalized spacial score (nSPS) is 19.2. The van der Waals surface area contributed by atoms with Gasteiger partial charge >= 0.3 is 6.18 Å². The summed E-state index contributed by atoms with van der Waals surface area (Å²) in [5, 5.41) is 23.8. The number of hydrazone groups is 1. The number of aliphatic hydroxyl groups excluding tert-OH is 1. The minimum Gasteiger partial charge on any atom is -0.383 e. The number of nitrogens with zero attached hydrogens (tertiary/aromatic N) is 6. The van der Waals surface area contributed by atoms with Crippen LogP contribution in [0.3, 0.4) is 0 Å². The Morgan fingerprint density at radius 1 is 1.17 bits per heavy atom. The van der Waals surface area contributed by atoms with Crippen LogP contribution < -0.4 is 10.6 Å². The van der Waals surface area contributed by atoms with E-state index in [9.17, 15) is 18.3 Å². The summed E-state index contributed by atoms with van der Waals surface area (Å²) in [6.07, 6.45) is 5.01. The van der Waals surface area contributed by atoms with Gasteiger partial charge in [0.1, 0.15) is 6.04 Å². The van der Waals surface area contributed by atoms with Crippen LogP contribution in [-0.2, 0) is 10.9 Å². The van der Waals surface area contributed by atoms with Crippen molar-refractivity contribution in [3.8, 4) is 17.5 Å². The molecule has 10 nitrogen and oxygen atoms in total. The van der Waals surface area contributed by atoms with Gasteiger partial charge in [0.15, 0.2) is 12.1 Å². The molecular formula is C34H35F3N8O2. The molecule has 244 valence electrons. The fourth-order valence-electron chi connectivity index (χ4n) is 5.46. The molecule has 3 aliphatic rings. The highest BCUT2D eigenvalue weighted by Gasteiger charge is 2.32. The van der Waals surface area contributed by atoms with Crippen molar-refractivity contribution in [1.29, 1.82) is 0 Å². The van der Waals surface area contributed by atoms with Crippen LogP contribution in [0.2, 0.25) is 0 Å². The lowest BCUT2D eigenvalue weighted by molar-refractivity contribution is -0.137. The average Bonchev–Trinajstić information content (AvgIpc) is 3.79. The zero-order valence-electron chi connectivity index (χ0n) is 26.2. The number of rotatable bonds is 9. The lowest BCUT2D eigenvalue weighted by atomic mass is 10.0. The summed E-state index contributed by atoms with van der Waals surface area (Å²) in [5.74, 6) is 7.38. The number of aromatic nitrogens is 2. The minimum atomic E-state index is -4.57. The molecule has 0 radical (unpaired) electrons. The number of aliphatic imine (C=N–C) groups is 1. The van der Waals surface area contributed by atoms with Gasteiger partial charge in [0.2, 0.25) is 0 Å². The number of methoxy groups -OCH3 is 1. The van der Waals surface area contributed by atoms with E-state index in [1.807, 2.05) is 47.5 Å². The van der Waals surface area contributed by atoms with Gasteiger partial charge in [0, 0.05) is 48.2 Å². The predicted molar refractivity (Wildman–Crippen MR) is 174 cm³/mol. The van der Waals surface area contributed by atoms with Gasteiger partial charge in [0.05, 0.1) is 55.6 Å². The highest BCUT2D eigenvalue weighted by molar-refractivity contribution is 6.01. The molecule has 0 aliphatic carbocycles. The molecule has 2 aromatic carbocycles. The molecule has 3 unspecified atom stereocenters.